The fourth-order valence-corrected chi connectivity index (χ4v) is 3.94. The molecule has 8 nitrogen and oxygen atoms in total. The molecule has 11 heteroatoms. The molecule has 0 radical (unpaired) electrons. The van der Waals surface area contributed by atoms with E-state index in [2.05, 4.69) is 0 Å². The second-order valence-electron chi connectivity index (χ2n) is 8.46. The molecular formula is C19H31F3N2O6. The maximum atomic E-state index is 12.3. The number of aliphatic carboxylic acids is 1. The van der Waals surface area contributed by atoms with E-state index >= 15 is 0 Å². The molecule has 0 unspecified atom stereocenters. The van der Waals surface area contributed by atoms with Crippen LogP contribution in [0.2, 0.25) is 0 Å². The Morgan fingerprint density at radius 3 is 2.43 bits per heavy atom. The lowest BCUT2D eigenvalue weighted by Crippen LogP contribution is -2.40. The number of likely N-dealkylation sites (N-methyl/N-ethyl adjacent to an activating group) is 1. The molecule has 3 saturated heterocycles. The van der Waals surface area contributed by atoms with Gasteiger partial charge in [0.2, 0.25) is 5.91 Å². The predicted octanol–water partition coefficient (Wildman–Crippen LogP) is 1.10. The normalized spacial score (nSPS) is 27.0. The highest BCUT2D eigenvalue weighted by molar-refractivity contribution is 5.78. The number of carbonyl (C=O) groups is 2. The van der Waals surface area contributed by atoms with Gasteiger partial charge in [-0.25, -0.2) is 4.79 Å². The van der Waals surface area contributed by atoms with Gasteiger partial charge in [0.25, 0.3) is 0 Å². The number of carboxylic acids is 1. The third kappa shape index (κ3) is 7.07. The number of carbonyl (C=O) groups excluding carboxylic acids is 1. The van der Waals surface area contributed by atoms with Crippen LogP contribution in [0.3, 0.4) is 0 Å². The summed E-state index contributed by atoms with van der Waals surface area (Å²) < 4.78 is 48.9. The first-order valence-electron chi connectivity index (χ1n) is 9.99. The number of ether oxygens (including phenoxy) is 3. The molecule has 0 aliphatic carbocycles. The zero-order valence-corrected chi connectivity index (χ0v) is 17.4. The summed E-state index contributed by atoms with van der Waals surface area (Å²) in [6.07, 6.45) is -2.89. The molecule has 3 aliphatic heterocycles. The third-order valence-electron chi connectivity index (χ3n) is 5.65. The first kappa shape index (κ1) is 24.8. The van der Waals surface area contributed by atoms with Crippen molar-refractivity contribution in [1.29, 1.82) is 0 Å². The van der Waals surface area contributed by atoms with Crippen molar-refractivity contribution in [3.63, 3.8) is 0 Å². The number of likely N-dealkylation sites (tertiary alicyclic amines) is 1. The van der Waals surface area contributed by atoms with Crippen molar-refractivity contribution in [3.8, 4) is 0 Å². The second-order valence-corrected chi connectivity index (χ2v) is 8.46. The highest BCUT2D eigenvalue weighted by Gasteiger charge is 2.52. The molecule has 30 heavy (non-hydrogen) atoms. The summed E-state index contributed by atoms with van der Waals surface area (Å²) in [5.74, 6) is -1.50. The van der Waals surface area contributed by atoms with Crippen molar-refractivity contribution in [2.24, 2.45) is 17.3 Å². The number of fused-ring (bicyclic) bond motifs is 1. The molecule has 0 aromatic heterocycles. The van der Waals surface area contributed by atoms with Crippen LogP contribution in [0.25, 0.3) is 0 Å². The van der Waals surface area contributed by atoms with Crippen molar-refractivity contribution < 1.29 is 42.1 Å². The molecule has 3 rings (SSSR count). The van der Waals surface area contributed by atoms with Crippen LogP contribution in [0.4, 0.5) is 13.2 Å². The summed E-state index contributed by atoms with van der Waals surface area (Å²) in [6.45, 7) is 6.78. The molecular weight excluding hydrogens is 409 g/mol. The van der Waals surface area contributed by atoms with Crippen LogP contribution in [-0.4, -0.2) is 106 Å². The molecule has 0 aromatic rings. The van der Waals surface area contributed by atoms with E-state index in [1.54, 1.807) is 0 Å². The van der Waals surface area contributed by atoms with Crippen LogP contribution in [0.15, 0.2) is 0 Å². The highest BCUT2D eigenvalue weighted by Crippen LogP contribution is 2.41. The van der Waals surface area contributed by atoms with E-state index in [-0.39, 0.29) is 11.3 Å². The lowest BCUT2D eigenvalue weighted by Gasteiger charge is -2.29. The molecule has 1 amide bonds. The quantitative estimate of drug-likeness (QED) is 0.662. The Balaban J connectivity index is 0.000000396. The summed E-state index contributed by atoms with van der Waals surface area (Å²) >= 11 is 0. The minimum Gasteiger partial charge on any atom is -0.475 e. The van der Waals surface area contributed by atoms with Gasteiger partial charge < -0.3 is 29.1 Å². The first-order valence-corrected chi connectivity index (χ1v) is 9.99. The molecule has 0 spiro atoms. The van der Waals surface area contributed by atoms with Gasteiger partial charge in [-0.3, -0.25) is 4.79 Å². The van der Waals surface area contributed by atoms with Gasteiger partial charge in [-0.2, -0.15) is 13.2 Å². The van der Waals surface area contributed by atoms with Gasteiger partial charge in [-0.05, 0) is 32.9 Å². The maximum absolute atomic E-state index is 12.3. The zero-order valence-electron chi connectivity index (χ0n) is 17.4. The third-order valence-corrected chi connectivity index (χ3v) is 5.65. The van der Waals surface area contributed by atoms with Gasteiger partial charge in [0.05, 0.1) is 26.4 Å². The van der Waals surface area contributed by atoms with E-state index in [0.717, 1.165) is 59.0 Å². The van der Waals surface area contributed by atoms with Crippen LogP contribution in [0.1, 0.15) is 12.8 Å². The van der Waals surface area contributed by atoms with E-state index in [1.807, 2.05) is 23.9 Å². The Hall–Kier alpha value is -1.43. The number of rotatable bonds is 6. The van der Waals surface area contributed by atoms with Crippen LogP contribution in [-0.2, 0) is 23.8 Å². The number of carboxylic acid groups (broad SMARTS) is 1. The van der Waals surface area contributed by atoms with Crippen molar-refractivity contribution in [1.82, 2.24) is 9.80 Å². The molecule has 174 valence electrons. The van der Waals surface area contributed by atoms with E-state index in [4.69, 9.17) is 24.1 Å². The van der Waals surface area contributed by atoms with Crippen LogP contribution >= 0.6 is 0 Å². The van der Waals surface area contributed by atoms with E-state index < -0.39 is 12.1 Å². The molecule has 3 heterocycles. The van der Waals surface area contributed by atoms with Gasteiger partial charge in [0, 0.05) is 44.2 Å². The van der Waals surface area contributed by atoms with Crippen LogP contribution in [0.5, 0.6) is 0 Å². The molecule has 0 bridgehead atoms. The average Bonchev–Trinajstić information content (AvgIpc) is 3.19. The Bertz CT molecular complexity index is 583. The topological polar surface area (TPSA) is 88.5 Å². The van der Waals surface area contributed by atoms with E-state index in [9.17, 15) is 18.0 Å². The SMILES string of the molecule is CN(C)CC(=O)N1C[C@@H]2COC[C@]2(COCC2CCOCC2)C1.O=C(O)C(F)(F)F. The van der Waals surface area contributed by atoms with Crippen molar-refractivity contribution in [2.45, 2.75) is 19.0 Å². The Kier molecular flexibility index (Phi) is 8.89. The summed E-state index contributed by atoms with van der Waals surface area (Å²) in [7, 11) is 3.87. The first-order chi connectivity index (χ1) is 14.0. The number of alkyl halides is 3. The van der Waals surface area contributed by atoms with Gasteiger partial charge in [-0.1, -0.05) is 0 Å². The molecule has 1 N–H and O–H groups in total. The fraction of sp³-hybridized carbons (Fsp3) is 0.895. The minimum atomic E-state index is -5.08. The van der Waals surface area contributed by atoms with Crippen LogP contribution in [0, 0.1) is 17.3 Å². The standard InChI is InChI=1S/C17H30N2O4.C2HF3O2/c1-18(2)8-16(20)19-7-15-10-23-13-17(15,11-19)12-22-9-14-3-5-21-6-4-14;3-2(4,5)1(6)7/h14-15H,3-13H2,1-2H3;(H,6,7)/t15-,17-;/m1./s1. The highest BCUT2D eigenvalue weighted by atomic mass is 19.4. The van der Waals surface area contributed by atoms with Crippen molar-refractivity contribution in [2.75, 3.05) is 73.4 Å². The van der Waals surface area contributed by atoms with Gasteiger partial charge in [0.1, 0.15) is 0 Å². The number of hydrogen-bond donors (Lipinski definition) is 1. The molecule has 0 saturated carbocycles. The maximum Gasteiger partial charge on any atom is 0.490 e. The average molecular weight is 440 g/mol. The molecule has 3 aliphatic rings. The monoisotopic (exact) mass is 440 g/mol. The number of halogens is 3. The van der Waals surface area contributed by atoms with Crippen molar-refractivity contribution in [3.05, 3.63) is 0 Å². The summed E-state index contributed by atoms with van der Waals surface area (Å²) in [5, 5.41) is 7.12. The molecule has 2 atom stereocenters. The van der Waals surface area contributed by atoms with Crippen molar-refractivity contribution >= 4 is 11.9 Å². The fourth-order valence-electron chi connectivity index (χ4n) is 3.94. The van der Waals surface area contributed by atoms with E-state index in [0.29, 0.717) is 25.0 Å². The Morgan fingerprint density at radius 1 is 1.23 bits per heavy atom. The Morgan fingerprint density at radius 2 is 1.87 bits per heavy atom. The summed E-state index contributed by atoms with van der Waals surface area (Å²) in [5.41, 5.74) is 0.00708. The second kappa shape index (κ2) is 10.7. The minimum absolute atomic E-state index is 0.00708. The zero-order chi connectivity index (χ0) is 22.4. The summed E-state index contributed by atoms with van der Waals surface area (Å²) in [6, 6.07) is 0. The lowest BCUT2D eigenvalue weighted by atomic mass is 9.82. The Labute approximate surface area is 174 Å². The number of hydrogen-bond acceptors (Lipinski definition) is 6. The van der Waals surface area contributed by atoms with Gasteiger partial charge >= 0.3 is 12.1 Å². The largest absolute Gasteiger partial charge is 0.490 e. The summed E-state index contributed by atoms with van der Waals surface area (Å²) in [4.78, 5) is 25.2. The molecule has 0 aromatic carbocycles. The van der Waals surface area contributed by atoms with Gasteiger partial charge in [0.15, 0.2) is 0 Å². The number of amides is 1. The molecule has 3 fully saturated rings. The van der Waals surface area contributed by atoms with Crippen LogP contribution < -0.4 is 0 Å². The lowest BCUT2D eigenvalue weighted by molar-refractivity contribution is -0.192. The number of nitrogens with zero attached hydrogens (tertiary/aromatic N) is 2. The van der Waals surface area contributed by atoms with E-state index in [1.165, 1.54) is 0 Å². The predicted molar refractivity (Wildman–Crippen MR) is 99.9 cm³/mol. The smallest absolute Gasteiger partial charge is 0.475 e. The van der Waals surface area contributed by atoms with Gasteiger partial charge in [-0.15, -0.1) is 0 Å².